The highest BCUT2D eigenvalue weighted by Crippen LogP contribution is 2.72. The highest BCUT2D eigenvalue weighted by atomic mass is 32.5. The first kappa shape index (κ1) is 19.9. The summed E-state index contributed by atoms with van der Waals surface area (Å²) in [4.78, 5) is 0. The van der Waals surface area contributed by atoms with Gasteiger partial charge in [0, 0.05) is 22.4 Å². The summed E-state index contributed by atoms with van der Waals surface area (Å²) >= 11 is 13.4. The van der Waals surface area contributed by atoms with Crippen LogP contribution < -0.4 is 21.2 Å². The molecule has 0 saturated carbocycles. The predicted octanol–water partition coefficient (Wildman–Crippen LogP) is 5.56. The van der Waals surface area contributed by atoms with Crippen molar-refractivity contribution in [2.24, 2.45) is 0 Å². The van der Waals surface area contributed by atoms with E-state index in [1.165, 1.54) is 31.8 Å². The molecule has 0 saturated heterocycles. The van der Waals surface area contributed by atoms with Crippen molar-refractivity contribution in [3.8, 4) is 0 Å². The molecule has 4 aromatic carbocycles. The summed E-state index contributed by atoms with van der Waals surface area (Å²) in [6.07, 6.45) is 2.32. The Labute approximate surface area is 188 Å². The van der Waals surface area contributed by atoms with Crippen molar-refractivity contribution in [2.75, 3.05) is 0 Å². The van der Waals surface area contributed by atoms with Gasteiger partial charge in [-0.15, -0.1) is 0 Å². The van der Waals surface area contributed by atoms with Gasteiger partial charge in [0.25, 0.3) is 0 Å². The molecule has 146 valence electrons. The van der Waals surface area contributed by atoms with Gasteiger partial charge in [-0.1, -0.05) is 139 Å². The Kier molecular flexibility index (Phi) is 5.21. The first-order valence-electron chi connectivity index (χ1n) is 9.84. The topological polar surface area (TPSA) is 0 Å². The Morgan fingerprint density at radius 2 is 1.03 bits per heavy atom. The predicted molar refractivity (Wildman–Crippen MR) is 141 cm³/mol. The number of rotatable bonds is 4. The van der Waals surface area contributed by atoms with E-state index in [2.05, 4.69) is 121 Å². The molecule has 0 nitrogen and oxygen atoms in total. The van der Waals surface area contributed by atoms with Crippen LogP contribution in [0.4, 0.5) is 0 Å². The lowest BCUT2D eigenvalue weighted by molar-refractivity contribution is 1.73. The van der Waals surface area contributed by atoms with Gasteiger partial charge < -0.3 is 0 Å². The second-order valence-corrected chi connectivity index (χ2v) is 16.4. The monoisotopic (exact) mass is 458 g/mol. The quantitative estimate of drug-likeness (QED) is 0.367. The lowest BCUT2D eigenvalue weighted by Crippen LogP contribution is -2.21. The van der Waals surface area contributed by atoms with Crippen LogP contribution in [0.1, 0.15) is 5.56 Å². The van der Waals surface area contributed by atoms with E-state index in [0.29, 0.717) is 0 Å². The maximum atomic E-state index is 6.69. The maximum absolute atomic E-state index is 6.69. The van der Waals surface area contributed by atoms with Crippen LogP contribution in [0.2, 0.25) is 0 Å². The van der Waals surface area contributed by atoms with E-state index >= 15 is 0 Å². The van der Waals surface area contributed by atoms with E-state index in [1.807, 2.05) is 0 Å². The molecular formula is C26H20P2S2. The fraction of sp³-hybridized carbons (Fsp3) is 0. The van der Waals surface area contributed by atoms with Gasteiger partial charge in [-0.05, 0) is 27.6 Å². The first-order valence-corrected chi connectivity index (χ1v) is 15.4. The molecule has 5 rings (SSSR count). The molecule has 0 aromatic heterocycles. The summed E-state index contributed by atoms with van der Waals surface area (Å²) in [5.74, 6) is 0. The fourth-order valence-corrected chi connectivity index (χ4v) is 16.5. The second-order valence-electron chi connectivity index (χ2n) is 7.29. The number of hydrogen-bond donors (Lipinski definition) is 0. The number of fused-ring (bicyclic) bond motifs is 1. The van der Waals surface area contributed by atoms with Gasteiger partial charge in [0.05, 0.1) is 0 Å². The Morgan fingerprint density at radius 3 is 1.60 bits per heavy atom. The summed E-state index contributed by atoms with van der Waals surface area (Å²) in [5.41, 5.74) is 1.22. The average molecular weight is 459 g/mol. The molecule has 0 N–H and O–H groups in total. The largest absolute Gasteiger partial charge is 0.0825 e. The van der Waals surface area contributed by atoms with Crippen LogP contribution in [0, 0.1) is 0 Å². The molecule has 30 heavy (non-hydrogen) atoms. The molecule has 0 amide bonds. The van der Waals surface area contributed by atoms with Crippen molar-refractivity contribution < 1.29 is 0 Å². The van der Waals surface area contributed by atoms with Crippen molar-refractivity contribution in [3.63, 3.8) is 0 Å². The molecule has 1 unspecified atom stereocenters. The third kappa shape index (κ3) is 3.03. The SMILES string of the molecule is S=P(C1=Cc2ccccc2P1(=S)c1ccccc1)(c1ccccc1)c1ccccc1. The molecule has 4 heteroatoms. The average Bonchev–Trinajstić information content (AvgIpc) is 3.14. The van der Waals surface area contributed by atoms with E-state index in [1.54, 1.807) is 0 Å². The van der Waals surface area contributed by atoms with Crippen LogP contribution in [0.5, 0.6) is 0 Å². The Bertz CT molecular complexity index is 1280. The Morgan fingerprint density at radius 1 is 0.567 bits per heavy atom. The van der Waals surface area contributed by atoms with Crippen LogP contribution in [0.3, 0.4) is 0 Å². The molecular weight excluding hydrogens is 438 g/mol. The van der Waals surface area contributed by atoms with E-state index in [-0.39, 0.29) is 0 Å². The maximum Gasteiger partial charge on any atom is 0.0403 e. The minimum atomic E-state index is -2.30. The van der Waals surface area contributed by atoms with Crippen LogP contribution >= 0.6 is 12.1 Å². The van der Waals surface area contributed by atoms with Gasteiger partial charge in [0.15, 0.2) is 0 Å². The van der Waals surface area contributed by atoms with E-state index in [9.17, 15) is 0 Å². The van der Waals surface area contributed by atoms with Gasteiger partial charge in [0.1, 0.15) is 0 Å². The molecule has 0 fully saturated rings. The third-order valence-corrected chi connectivity index (χ3v) is 17.6. The van der Waals surface area contributed by atoms with Gasteiger partial charge in [-0.25, -0.2) is 0 Å². The highest BCUT2D eigenvalue weighted by Gasteiger charge is 2.42. The molecule has 0 bridgehead atoms. The summed E-state index contributed by atoms with van der Waals surface area (Å²) < 4.78 is 0. The summed E-state index contributed by atoms with van der Waals surface area (Å²) in [5, 5.41) is 6.16. The van der Waals surface area contributed by atoms with Crippen molar-refractivity contribution >= 4 is 63.0 Å². The fourth-order valence-electron chi connectivity index (χ4n) is 4.14. The lowest BCUT2D eigenvalue weighted by Gasteiger charge is -2.32. The van der Waals surface area contributed by atoms with Gasteiger partial charge in [-0.2, -0.15) is 0 Å². The summed E-state index contributed by atoms with van der Waals surface area (Å²) in [7, 11) is 0. The number of hydrogen-bond acceptors (Lipinski definition) is 2. The van der Waals surface area contributed by atoms with E-state index < -0.39 is 12.1 Å². The summed E-state index contributed by atoms with van der Waals surface area (Å²) in [6.45, 7) is 0. The van der Waals surface area contributed by atoms with E-state index in [4.69, 9.17) is 23.6 Å². The minimum absolute atomic E-state index is 1.20. The first-order chi connectivity index (χ1) is 14.6. The van der Waals surface area contributed by atoms with Crippen LogP contribution in [-0.2, 0) is 23.6 Å². The minimum Gasteiger partial charge on any atom is -0.0825 e. The molecule has 1 atom stereocenters. The standard InChI is InChI=1S/C26H20P2S2/c29-27(22-13-4-1-5-14-22,23-15-6-2-7-16-23)26-20-21-12-10-11-19-25(21)28(26,30)24-17-8-3-9-18-24/h1-20H. The smallest absolute Gasteiger partial charge is 0.0403 e. The molecule has 1 aliphatic heterocycles. The number of benzene rings is 4. The zero-order valence-corrected chi connectivity index (χ0v) is 19.7. The molecule has 0 radical (unpaired) electrons. The normalized spacial score (nSPS) is 17.9. The van der Waals surface area contributed by atoms with Crippen molar-refractivity contribution in [3.05, 3.63) is 126 Å². The Balaban J connectivity index is 1.86. The molecule has 0 spiro atoms. The summed E-state index contributed by atoms with van der Waals surface area (Å²) in [6, 6.07) is 35.9. The lowest BCUT2D eigenvalue weighted by atomic mass is 10.2. The van der Waals surface area contributed by atoms with Gasteiger partial charge in [-0.3, -0.25) is 0 Å². The van der Waals surface area contributed by atoms with Crippen molar-refractivity contribution in [1.82, 2.24) is 0 Å². The highest BCUT2D eigenvalue weighted by molar-refractivity contribution is 8.36. The van der Waals surface area contributed by atoms with Gasteiger partial charge in [0.2, 0.25) is 0 Å². The molecule has 1 aliphatic rings. The van der Waals surface area contributed by atoms with Crippen LogP contribution in [-0.4, -0.2) is 0 Å². The third-order valence-electron chi connectivity index (χ3n) is 5.57. The second kappa shape index (κ2) is 7.88. The van der Waals surface area contributed by atoms with Crippen LogP contribution in [0.25, 0.3) is 6.08 Å². The van der Waals surface area contributed by atoms with E-state index in [0.717, 1.165) is 0 Å². The van der Waals surface area contributed by atoms with Crippen molar-refractivity contribution in [2.45, 2.75) is 0 Å². The van der Waals surface area contributed by atoms with Crippen LogP contribution in [0.15, 0.2) is 120 Å². The van der Waals surface area contributed by atoms with Crippen molar-refractivity contribution in [1.29, 1.82) is 0 Å². The zero-order valence-electron chi connectivity index (χ0n) is 16.3. The Hall–Kier alpha value is -2.08. The molecule has 4 aromatic rings. The molecule has 0 aliphatic carbocycles. The molecule has 1 heterocycles. The zero-order chi connectivity index (χ0) is 20.6. The van der Waals surface area contributed by atoms with Gasteiger partial charge >= 0.3 is 0 Å².